The second kappa shape index (κ2) is 4.11. The molecular weight excluding hydrogens is 208 g/mol. The fraction of sp³-hybridized carbons (Fsp3) is 0.700. The zero-order valence-electron chi connectivity index (χ0n) is 9.73. The van der Waals surface area contributed by atoms with Gasteiger partial charge in [0.25, 0.3) is 0 Å². The minimum Gasteiger partial charge on any atom is -0.464 e. The standard InChI is InChI=1S/C10H16N4O2/c1-6(2)7-4-5-11-9-8(10(15)16-3)12-13-14(7)9/h6-7,11H,4-5H2,1-3H3. The molecule has 0 spiro atoms. The van der Waals surface area contributed by atoms with Gasteiger partial charge in [-0.1, -0.05) is 19.1 Å². The molecule has 0 radical (unpaired) electrons. The third kappa shape index (κ3) is 1.64. The molecule has 16 heavy (non-hydrogen) atoms. The fourth-order valence-corrected chi connectivity index (χ4v) is 2.00. The van der Waals surface area contributed by atoms with Crippen molar-refractivity contribution in [1.29, 1.82) is 0 Å². The van der Waals surface area contributed by atoms with E-state index < -0.39 is 5.97 Å². The summed E-state index contributed by atoms with van der Waals surface area (Å²) in [5, 5.41) is 11.1. The SMILES string of the molecule is COC(=O)c1nnn2c1NCCC2C(C)C. The monoisotopic (exact) mass is 224 g/mol. The normalized spacial score (nSPS) is 19.1. The number of nitrogens with zero attached hydrogens (tertiary/aromatic N) is 3. The highest BCUT2D eigenvalue weighted by Crippen LogP contribution is 2.30. The number of rotatable bonds is 2. The molecule has 1 unspecified atom stereocenters. The summed E-state index contributed by atoms with van der Waals surface area (Å²) in [5.41, 5.74) is 0.271. The molecule has 6 nitrogen and oxygen atoms in total. The lowest BCUT2D eigenvalue weighted by molar-refractivity contribution is 0.0595. The van der Waals surface area contributed by atoms with Crippen LogP contribution in [0.15, 0.2) is 0 Å². The van der Waals surface area contributed by atoms with E-state index in [1.165, 1.54) is 7.11 Å². The number of carbonyl (C=O) groups excluding carboxylic acids is 1. The van der Waals surface area contributed by atoms with Gasteiger partial charge in [0, 0.05) is 6.54 Å². The second-order valence-electron chi connectivity index (χ2n) is 4.25. The summed E-state index contributed by atoms with van der Waals surface area (Å²) in [5.74, 6) is 0.697. The first kappa shape index (κ1) is 10.9. The summed E-state index contributed by atoms with van der Waals surface area (Å²) < 4.78 is 6.45. The topological polar surface area (TPSA) is 69.0 Å². The number of fused-ring (bicyclic) bond motifs is 1. The summed E-state index contributed by atoms with van der Waals surface area (Å²) in [4.78, 5) is 11.4. The molecule has 88 valence electrons. The number of hydrogen-bond acceptors (Lipinski definition) is 5. The molecule has 1 atom stereocenters. The lowest BCUT2D eigenvalue weighted by Crippen LogP contribution is -2.27. The predicted molar refractivity (Wildman–Crippen MR) is 58.3 cm³/mol. The quantitative estimate of drug-likeness (QED) is 0.761. The number of nitrogens with one attached hydrogen (secondary N) is 1. The zero-order valence-corrected chi connectivity index (χ0v) is 9.73. The van der Waals surface area contributed by atoms with E-state index >= 15 is 0 Å². The van der Waals surface area contributed by atoms with E-state index in [9.17, 15) is 4.79 Å². The molecule has 0 saturated heterocycles. The Morgan fingerprint density at radius 3 is 3.00 bits per heavy atom. The average molecular weight is 224 g/mol. The van der Waals surface area contributed by atoms with E-state index in [0.717, 1.165) is 13.0 Å². The van der Waals surface area contributed by atoms with E-state index in [2.05, 4.69) is 34.2 Å². The molecule has 1 N–H and O–H groups in total. The number of esters is 1. The highest BCUT2D eigenvalue weighted by atomic mass is 16.5. The van der Waals surface area contributed by atoms with Gasteiger partial charge in [-0.2, -0.15) is 0 Å². The van der Waals surface area contributed by atoms with Crippen molar-refractivity contribution in [1.82, 2.24) is 15.0 Å². The number of anilines is 1. The Labute approximate surface area is 94.0 Å². The van der Waals surface area contributed by atoms with E-state index in [-0.39, 0.29) is 5.69 Å². The molecule has 1 aromatic heterocycles. The first-order valence-corrected chi connectivity index (χ1v) is 5.42. The number of ether oxygens (including phenoxy) is 1. The predicted octanol–water partition coefficient (Wildman–Crippen LogP) is 1.08. The molecular formula is C10H16N4O2. The first-order chi connectivity index (χ1) is 7.65. The number of hydrogen-bond donors (Lipinski definition) is 1. The van der Waals surface area contributed by atoms with Gasteiger partial charge >= 0.3 is 5.97 Å². The Morgan fingerprint density at radius 1 is 1.62 bits per heavy atom. The second-order valence-corrected chi connectivity index (χ2v) is 4.25. The molecule has 1 aliphatic heterocycles. The molecule has 0 aromatic carbocycles. The van der Waals surface area contributed by atoms with Crippen LogP contribution in [0.3, 0.4) is 0 Å². The third-order valence-electron chi connectivity index (χ3n) is 2.89. The summed E-state index contributed by atoms with van der Waals surface area (Å²) in [6.45, 7) is 5.11. The Balaban J connectivity index is 2.38. The summed E-state index contributed by atoms with van der Waals surface area (Å²) in [7, 11) is 1.34. The van der Waals surface area contributed by atoms with Crippen LogP contribution in [0.4, 0.5) is 5.82 Å². The maximum absolute atomic E-state index is 11.4. The van der Waals surface area contributed by atoms with E-state index in [4.69, 9.17) is 0 Å². The maximum atomic E-state index is 11.4. The Bertz CT molecular complexity index is 400. The third-order valence-corrected chi connectivity index (χ3v) is 2.89. The number of aromatic nitrogens is 3. The Hall–Kier alpha value is -1.59. The van der Waals surface area contributed by atoms with Crippen molar-refractivity contribution in [2.45, 2.75) is 26.3 Å². The van der Waals surface area contributed by atoms with Crippen molar-refractivity contribution in [3.63, 3.8) is 0 Å². The first-order valence-electron chi connectivity index (χ1n) is 5.42. The van der Waals surface area contributed by atoms with Gasteiger partial charge in [-0.05, 0) is 12.3 Å². The molecule has 1 aromatic rings. The van der Waals surface area contributed by atoms with Crippen LogP contribution in [0.1, 0.15) is 36.8 Å². The minimum atomic E-state index is -0.446. The van der Waals surface area contributed by atoms with Gasteiger partial charge < -0.3 is 10.1 Å². The molecule has 0 bridgehead atoms. The Kier molecular flexibility index (Phi) is 2.80. The molecule has 1 aliphatic rings. The van der Waals surface area contributed by atoms with Crippen LogP contribution in [-0.2, 0) is 4.74 Å². The minimum absolute atomic E-state index is 0.271. The van der Waals surface area contributed by atoms with Gasteiger partial charge in [-0.15, -0.1) is 5.10 Å². The van der Waals surface area contributed by atoms with Gasteiger partial charge in [-0.3, -0.25) is 0 Å². The smallest absolute Gasteiger partial charge is 0.362 e. The van der Waals surface area contributed by atoms with Crippen molar-refractivity contribution in [3.8, 4) is 0 Å². The van der Waals surface area contributed by atoms with Crippen LogP contribution >= 0.6 is 0 Å². The van der Waals surface area contributed by atoms with Crippen LogP contribution in [0, 0.1) is 5.92 Å². The van der Waals surface area contributed by atoms with Crippen LogP contribution in [0.5, 0.6) is 0 Å². The van der Waals surface area contributed by atoms with Crippen molar-refractivity contribution in [3.05, 3.63) is 5.69 Å². The van der Waals surface area contributed by atoms with Gasteiger partial charge in [0.1, 0.15) is 0 Å². The molecule has 0 aliphatic carbocycles. The van der Waals surface area contributed by atoms with Crippen molar-refractivity contribution < 1.29 is 9.53 Å². The summed E-state index contributed by atoms with van der Waals surface area (Å²) >= 11 is 0. The highest BCUT2D eigenvalue weighted by Gasteiger charge is 2.29. The van der Waals surface area contributed by atoms with Gasteiger partial charge in [0.15, 0.2) is 5.82 Å². The largest absolute Gasteiger partial charge is 0.464 e. The lowest BCUT2D eigenvalue weighted by atomic mass is 10.00. The summed E-state index contributed by atoms with van der Waals surface area (Å²) in [6.07, 6.45) is 0.995. The maximum Gasteiger partial charge on any atom is 0.362 e. The molecule has 6 heteroatoms. The van der Waals surface area contributed by atoms with E-state index in [1.54, 1.807) is 4.68 Å². The molecule has 0 fully saturated rings. The number of carbonyl (C=O) groups is 1. The van der Waals surface area contributed by atoms with Crippen LogP contribution in [0.2, 0.25) is 0 Å². The molecule has 2 heterocycles. The number of methoxy groups -OCH3 is 1. The van der Waals surface area contributed by atoms with E-state index in [0.29, 0.717) is 17.8 Å². The van der Waals surface area contributed by atoms with Gasteiger partial charge in [0.2, 0.25) is 5.69 Å². The van der Waals surface area contributed by atoms with Gasteiger partial charge in [-0.25, -0.2) is 9.48 Å². The molecule has 0 amide bonds. The molecule has 0 saturated carbocycles. The average Bonchev–Trinajstić information content (AvgIpc) is 2.71. The van der Waals surface area contributed by atoms with Crippen LogP contribution < -0.4 is 5.32 Å². The Morgan fingerprint density at radius 2 is 2.38 bits per heavy atom. The van der Waals surface area contributed by atoms with Crippen molar-refractivity contribution in [2.75, 3.05) is 19.0 Å². The highest BCUT2D eigenvalue weighted by molar-refractivity contribution is 5.92. The fourth-order valence-electron chi connectivity index (χ4n) is 2.00. The molecule has 2 rings (SSSR count). The van der Waals surface area contributed by atoms with Gasteiger partial charge in [0.05, 0.1) is 13.2 Å². The zero-order chi connectivity index (χ0) is 11.7. The van der Waals surface area contributed by atoms with E-state index in [1.807, 2.05) is 0 Å². The summed E-state index contributed by atoms with van der Waals surface area (Å²) in [6, 6.07) is 0.294. The van der Waals surface area contributed by atoms with Crippen LogP contribution in [-0.4, -0.2) is 34.6 Å². The lowest BCUT2D eigenvalue weighted by Gasteiger charge is -2.27. The van der Waals surface area contributed by atoms with Crippen molar-refractivity contribution in [2.24, 2.45) is 5.92 Å². The van der Waals surface area contributed by atoms with Crippen LogP contribution in [0.25, 0.3) is 0 Å². The van der Waals surface area contributed by atoms with Crippen molar-refractivity contribution >= 4 is 11.8 Å².